The second-order valence-corrected chi connectivity index (χ2v) is 7.62. The number of ether oxygens (including phenoxy) is 1. The molecule has 0 unspecified atom stereocenters. The van der Waals surface area contributed by atoms with E-state index in [4.69, 9.17) is 16.3 Å². The molecular weight excluding hydrogens is 408 g/mol. The standard InChI is InChI=1S/C22H17ClN2O3S/c1-2-28-17-6-3-5-15(13-17)24-20-19(18-7-4-12-29-18)21(26)25(22(20)27)16-10-8-14(23)9-11-16/h3-13,24H,2H2,1H3. The summed E-state index contributed by atoms with van der Waals surface area (Å²) in [5.41, 5.74) is 1.72. The van der Waals surface area contributed by atoms with E-state index < -0.39 is 5.91 Å². The quantitative estimate of drug-likeness (QED) is 0.553. The summed E-state index contributed by atoms with van der Waals surface area (Å²) in [5.74, 6) is -0.104. The van der Waals surface area contributed by atoms with Crippen molar-refractivity contribution in [1.29, 1.82) is 0 Å². The summed E-state index contributed by atoms with van der Waals surface area (Å²) in [6.45, 7) is 2.44. The van der Waals surface area contributed by atoms with E-state index in [-0.39, 0.29) is 11.6 Å². The van der Waals surface area contributed by atoms with Gasteiger partial charge in [-0.3, -0.25) is 9.59 Å². The van der Waals surface area contributed by atoms with E-state index in [2.05, 4.69) is 5.32 Å². The monoisotopic (exact) mass is 424 g/mol. The lowest BCUT2D eigenvalue weighted by molar-refractivity contribution is -0.120. The first kappa shape index (κ1) is 19.2. The third-order valence-corrected chi connectivity index (χ3v) is 5.49. The van der Waals surface area contributed by atoms with Crippen molar-refractivity contribution >= 4 is 51.7 Å². The van der Waals surface area contributed by atoms with E-state index in [1.807, 2.05) is 42.6 Å². The Hall–Kier alpha value is -3.09. The fourth-order valence-corrected chi connectivity index (χ4v) is 3.99. The summed E-state index contributed by atoms with van der Waals surface area (Å²) < 4.78 is 5.53. The number of imide groups is 1. The fourth-order valence-electron chi connectivity index (χ4n) is 3.09. The van der Waals surface area contributed by atoms with Crippen molar-refractivity contribution in [2.75, 3.05) is 16.8 Å². The zero-order chi connectivity index (χ0) is 20.4. The lowest BCUT2D eigenvalue weighted by atomic mass is 10.2. The highest BCUT2D eigenvalue weighted by Crippen LogP contribution is 2.36. The molecular formula is C22H17ClN2O3S. The minimum Gasteiger partial charge on any atom is -0.494 e. The average molecular weight is 425 g/mol. The van der Waals surface area contributed by atoms with Crippen molar-refractivity contribution < 1.29 is 14.3 Å². The summed E-state index contributed by atoms with van der Waals surface area (Å²) >= 11 is 7.36. The van der Waals surface area contributed by atoms with Gasteiger partial charge in [0.2, 0.25) is 0 Å². The Morgan fingerprint density at radius 1 is 1.03 bits per heavy atom. The normalized spacial score (nSPS) is 13.9. The Kier molecular flexibility index (Phi) is 5.38. The van der Waals surface area contributed by atoms with Crippen LogP contribution in [0, 0.1) is 0 Å². The van der Waals surface area contributed by atoms with E-state index >= 15 is 0 Å². The van der Waals surface area contributed by atoms with Crippen LogP contribution in [0.25, 0.3) is 5.57 Å². The van der Waals surface area contributed by atoms with Crippen LogP contribution in [0.3, 0.4) is 0 Å². The molecule has 0 radical (unpaired) electrons. The number of thiophene rings is 1. The van der Waals surface area contributed by atoms with E-state index in [1.165, 1.54) is 16.2 Å². The number of hydrogen-bond acceptors (Lipinski definition) is 5. The number of anilines is 2. The molecule has 2 heterocycles. The molecule has 1 aliphatic rings. The topological polar surface area (TPSA) is 58.6 Å². The largest absolute Gasteiger partial charge is 0.494 e. The predicted octanol–water partition coefficient (Wildman–Crippen LogP) is 5.20. The van der Waals surface area contributed by atoms with E-state index in [0.29, 0.717) is 34.3 Å². The number of rotatable bonds is 6. The lowest BCUT2D eigenvalue weighted by Gasteiger charge is -2.15. The molecule has 3 aromatic rings. The first-order valence-corrected chi connectivity index (χ1v) is 10.3. The van der Waals surface area contributed by atoms with Crippen LogP contribution >= 0.6 is 22.9 Å². The third-order valence-electron chi connectivity index (χ3n) is 4.35. The number of nitrogens with one attached hydrogen (secondary N) is 1. The second kappa shape index (κ2) is 8.11. The van der Waals surface area contributed by atoms with Gasteiger partial charge in [-0.25, -0.2) is 4.90 Å². The molecule has 146 valence electrons. The molecule has 4 rings (SSSR count). The summed E-state index contributed by atoms with van der Waals surface area (Å²) in [7, 11) is 0. The van der Waals surface area contributed by atoms with Crippen LogP contribution in [0.1, 0.15) is 11.8 Å². The molecule has 0 bridgehead atoms. The predicted molar refractivity (Wildman–Crippen MR) is 116 cm³/mol. The van der Waals surface area contributed by atoms with E-state index in [1.54, 1.807) is 30.3 Å². The summed E-state index contributed by atoms with van der Waals surface area (Å²) in [5, 5.41) is 5.54. The first-order valence-electron chi connectivity index (χ1n) is 9.01. The number of amides is 2. The minimum absolute atomic E-state index is 0.237. The molecule has 1 N–H and O–H groups in total. The van der Waals surface area contributed by atoms with Crippen molar-refractivity contribution in [3.8, 4) is 5.75 Å². The molecule has 0 fully saturated rings. The lowest BCUT2D eigenvalue weighted by Crippen LogP contribution is -2.32. The number of carbonyl (C=O) groups is 2. The van der Waals surface area contributed by atoms with Crippen LogP contribution in [-0.2, 0) is 9.59 Å². The van der Waals surface area contributed by atoms with E-state index in [0.717, 1.165) is 4.88 Å². The molecule has 5 nitrogen and oxygen atoms in total. The van der Waals surface area contributed by atoms with Gasteiger partial charge in [0.25, 0.3) is 11.8 Å². The first-order chi connectivity index (χ1) is 14.1. The zero-order valence-electron chi connectivity index (χ0n) is 15.5. The van der Waals surface area contributed by atoms with Gasteiger partial charge < -0.3 is 10.1 Å². The molecule has 0 saturated carbocycles. The Bertz CT molecular complexity index is 1090. The van der Waals surface area contributed by atoms with Gasteiger partial charge in [0, 0.05) is 21.7 Å². The summed E-state index contributed by atoms with van der Waals surface area (Å²) in [4.78, 5) is 28.4. The van der Waals surface area contributed by atoms with Crippen LogP contribution in [0.5, 0.6) is 5.75 Å². The number of nitrogens with zero attached hydrogens (tertiary/aromatic N) is 1. The van der Waals surface area contributed by atoms with Gasteiger partial charge in [0.15, 0.2) is 0 Å². The minimum atomic E-state index is -0.414. The maximum atomic E-state index is 13.2. The Labute approximate surface area is 177 Å². The maximum absolute atomic E-state index is 13.2. The molecule has 0 spiro atoms. The third kappa shape index (κ3) is 3.77. The molecule has 0 aliphatic carbocycles. The van der Waals surface area contributed by atoms with Crippen molar-refractivity contribution in [3.63, 3.8) is 0 Å². The van der Waals surface area contributed by atoms with Gasteiger partial charge in [-0.2, -0.15) is 0 Å². The van der Waals surface area contributed by atoms with Crippen LogP contribution in [0.2, 0.25) is 5.02 Å². The van der Waals surface area contributed by atoms with Gasteiger partial charge >= 0.3 is 0 Å². The molecule has 7 heteroatoms. The molecule has 1 aliphatic heterocycles. The van der Waals surface area contributed by atoms with Crippen molar-refractivity contribution in [2.24, 2.45) is 0 Å². The molecule has 0 atom stereocenters. The van der Waals surface area contributed by atoms with E-state index in [9.17, 15) is 9.59 Å². The van der Waals surface area contributed by atoms with Gasteiger partial charge in [0.05, 0.1) is 17.9 Å². The van der Waals surface area contributed by atoms with Crippen LogP contribution in [0.15, 0.2) is 71.7 Å². The van der Waals surface area contributed by atoms with Crippen LogP contribution in [0.4, 0.5) is 11.4 Å². The number of halogens is 1. The zero-order valence-corrected chi connectivity index (χ0v) is 17.1. The maximum Gasteiger partial charge on any atom is 0.282 e. The Morgan fingerprint density at radius 2 is 1.83 bits per heavy atom. The van der Waals surface area contributed by atoms with Gasteiger partial charge in [-0.15, -0.1) is 11.3 Å². The highest BCUT2D eigenvalue weighted by Gasteiger charge is 2.40. The van der Waals surface area contributed by atoms with Gasteiger partial charge in [-0.1, -0.05) is 23.7 Å². The SMILES string of the molecule is CCOc1cccc(NC2=C(c3cccs3)C(=O)N(c3ccc(Cl)cc3)C2=O)c1. The Morgan fingerprint density at radius 3 is 2.52 bits per heavy atom. The number of hydrogen-bond donors (Lipinski definition) is 1. The van der Waals surface area contributed by atoms with Gasteiger partial charge in [0.1, 0.15) is 11.4 Å². The molecule has 2 aromatic carbocycles. The summed E-state index contributed by atoms with van der Waals surface area (Å²) in [6.07, 6.45) is 0. The molecule has 0 saturated heterocycles. The van der Waals surface area contributed by atoms with Crippen LogP contribution in [-0.4, -0.2) is 18.4 Å². The molecule has 29 heavy (non-hydrogen) atoms. The van der Waals surface area contributed by atoms with Gasteiger partial charge in [-0.05, 0) is 54.8 Å². The van der Waals surface area contributed by atoms with Crippen molar-refractivity contribution in [1.82, 2.24) is 0 Å². The number of benzene rings is 2. The summed E-state index contributed by atoms with van der Waals surface area (Å²) in [6, 6.07) is 17.6. The van der Waals surface area contributed by atoms with Crippen molar-refractivity contribution in [3.05, 3.63) is 81.6 Å². The van der Waals surface area contributed by atoms with Crippen molar-refractivity contribution in [2.45, 2.75) is 6.92 Å². The Balaban J connectivity index is 1.75. The molecule has 2 amide bonds. The highest BCUT2D eigenvalue weighted by atomic mass is 35.5. The fraction of sp³-hybridized carbons (Fsp3) is 0.0909. The molecule has 1 aromatic heterocycles. The second-order valence-electron chi connectivity index (χ2n) is 6.24. The van der Waals surface area contributed by atoms with Crippen LogP contribution < -0.4 is 15.0 Å². The highest BCUT2D eigenvalue weighted by molar-refractivity contribution is 7.11. The smallest absolute Gasteiger partial charge is 0.282 e. The number of carbonyl (C=O) groups excluding carboxylic acids is 2. The average Bonchev–Trinajstić information content (AvgIpc) is 3.31.